The van der Waals surface area contributed by atoms with E-state index in [9.17, 15) is 4.79 Å². The zero-order chi connectivity index (χ0) is 16.4. The lowest BCUT2D eigenvalue weighted by Crippen LogP contribution is -2.31. The highest BCUT2D eigenvalue weighted by Crippen LogP contribution is 2.32. The summed E-state index contributed by atoms with van der Waals surface area (Å²) in [5.41, 5.74) is 2.42. The number of rotatable bonds is 3. The molecule has 1 aromatic carbocycles. The van der Waals surface area contributed by atoms with Gasteiger partial charge in [-0.25, -0.2) is 4.79 Å². The number of ether oxygens (including phenoxy) is 1. The van der Waals surface area contributed by atoms with Crippen molar-refractivity contribution in [2.75, 3.05) is 0 Å². The van der Waals surface area contributed by atoms with Gasteiger partial charge in [0, 0.05) is 15.3 Å². The fourth-order valence-corrected chi connectivity index (χ4v) is 3.62. The first-order valence-electron chi connectivity index (χ1n) is 7.19. The maximum Gasteiger partial charge on any atom is 0.407 e. The maximum atomic E-state index is 11.7. The third-order valence-corrected chi connectivity index (χ3v) is 4.68. The molecular weight excluding hydrogens is 330 g/mol. The van der Waals surface area contributed by atoms with E-state index < -0.39 is 11.7 Å². The van der Waals surface area contributed by atoms with Crippen LogP contribution < -0.4 is 5.32 Å². The van der Waals surface area contributed by atoms with Gasteiger partial charge < -0.3 is 10.1 Å². The lowest BCUT2D eigenvalue weighted by molar-refractivity contribution is 0.0524. The van der Waals surface area contributed by atoms with Gasteiger partial charge in [-0.15, -0.1) is 11.3 Å². The van der Waals surface area contributed by atoms with E-state index in [4.69, 9.17) is 4.74 Å². The summed E-state index contributed by atoms with van der Waals surface area (Å²) in [5, 5.41) is 2.78. The van der Waals surface area contributed by atoms with E-state index in [1.165, 1.54) is 11.7 Å². The van der Waals surface area contributed by atoms with E-state index in [1.807, 2.05) is 51.1 Å². The number of alkyl carbamates (subject to hydrolysis) is 1. The van der Waals surface area contributed by atoms with Gasteiger partial charge in [0.1, 0.15) is 16.6 Å². The minimum Gasteiger partial charge on any atom is -0.444 e. The molecule has 0 fully saturated rings. The molecule has 0 bridgehead atoms. The van der Waals surface area contributed by atoms with Gasteiger partial charge in [0.15, 0.2) is 0 Å². The number of carbonyl (C=O) groups excluding carboxylic acids is 1. The van der Waals surface area contributed by atoms with Gasteiger partial charge >= 0.3 is 6.09 Å². The Labute approximate surface area is 142 Å². The lowest BCUT2D eigenvalue weighted by Gasteiger charge is -2.19. The van der Waals surface area contributed by atoms with Crippen LogP contribution in [0.15, 0.2) is 30.3 Å². The van der Waals surface area contributed by atoms with Crippen molar-refractivity contribution in [3.8, 4) is 10.4 Å². The maximum absolute atomic E-state index is 11.7. The molecule has 2 aromatic heterocycles. The zero-order valence-electron chi connectivity index (χ0n) is 13.1. The minimum absolute atomic E-state index is 0.404. The second-order valence-electron chi connectivity index (χ2n) is 6.06. The molecule has 0 aliphatic heterocycles. The second kappa shape index (κ2) is 6.25. The van der Waals surface area contributed by atoms with Crippen molar-refractivity contribution in [1.29, 1.82) is 0 Å². The van der Waals surface area contributed by atoms with Crippen LogP contribution in [0.3, 0.4) is 0 Å². The first-order valence-corrected chi connectivity index (χ1v) is 8.74. The standard InChI is InChI=1S/C16H17N3O2S2/c1-16(2,3)21-15(20)17-9-10-7-8-13(22-10)11-5-4-6-12-14(11)19-23-18-12/h4-8H,9H2,1-3H3,(H,17,20). The fraction of sp³-hybridized carbons (Fsp3) is 0.312. The summed E-state index contributed by atoms with van der Waals surface area (Å²) in [5.74, 6) is 0. The Balaban J connectivity index is 1.71. The van der Waals surface area contributed by atoms with Crippen LogP contribution in [0.2, 0.25) is 0 Å². The molecule has 3 rings (SSSR count). The molecule has 23 heavy (non-hydrogen) atoms. The van der Waals surface area contributed by atoms with Crippen LogP contribution in [0.25, 0.3) is 21.5 Å². The van der Waals surface area contributed by atoms with Crippen LogP contribution in [0.4, 0.5) is 4.79 Å². The number of hydrogen-bond acceptors (Lipinski definition) is 6. The van der Waals surface area contributed by atoms with Crippen LogP contribution in [0.1, 0.15) is 25.6 Å². The summed E-state index contributed by atoms with van der Waals surface area (Å²) in [7, 11) is 0. The highest BCUT2D eigenvalue weighted by atomic mass is 32.1. The van der Waals surface area contributed by atoms with Gasteiger partial charge in [-0.2, -0.15) is 8.75 Å². The number of nitrogens with one attached hydrogen (secondary N) is 1. The molecule has 7 heteroatoms. The molecule has 0 radical (unpaired) electrons. The smallest absolute Gasteiger partial charge is 0.407 e. The summed E-state index contributed by atoms with van der Waals surface area (Å²) in [6.07, 6.45) is -0.404. The van der Waals surface area contributed by atoms with Crippen LogP contribution >= 0.6 is 23.1 Å². The normalized spacial score (nSPS) is 11.6. The van der Waals surface area contributed by atoms with E-state index in [-0.39, 0.29) is 0 Å². The van der Waals surface area contributed by atoms with Crippen LogP contribution in [0, 0.1) is 0 Å². The SMILES string of the molecule is CC(C)(C)OC(=O)NCc1ccc(-c2cccc3nsnc23)s1. The van der Waals surface area contributed by atoms with Gasteiger partial charge in [-0.1, -0.05) is 12.1 Å². The topological polar surface area (TPSA) is 64.1 Å². The van der Waals surface area contributed by atoms with E-state index in [0.29, 0.717) is 6.54 Å². The van der Waals surface area contributed by atoms with Crippen molar-refractivity contribution < 1.29 is 9.53 Å². The highest BCUT2D eigenvalue weighted by molar-refractivity contribution is 7.15. The van der Waals surface area contributed by atoms with Gasteiger partial charge in [0.2, 0.25) is 0 Å². The van der Waals surface area contributed by atoms with Crippen molar-refractivity contribution >= 4 is 40.2 Å². The van der Waals surface area contributed by atoms with E-state index >= 15 is 0 Å². The quantitative estimate of drug-likeness (QED) is 0.760. The van der Waals surface area contributed by atoms with E-state index in [0.717, 1.165) is 26.4 Å². The molecule has 3 aromatic rings. The second-order valence-corrected chi connectivity index (χ2v) is 7.76. The molecule has 2 heterocycles. The predicted molar refractivity (Wildman–Crippen MR) is 93.8 cm³/mol. The number of fused-ring (bicyclic) bond motifs is 1. The van der Waals surface area contributed by atoms with Crippen LogP contribution in [0.5, 0.6) is 0 Å². The van der Waals surface area contributed by atoms with Crippen molar-refractivity contribution in [1.82, 2.24) is 14.1 Å². The van der Waals surface area contributed by atoms with Crippen molar-refractivity contribution in [3.05, 3.63) is 35.2 Å². The monoisotopic (exact) mass is 347 g/mol. The number of thiophene rings is 1. The number of carbonyl (C=O) groups is 1. The number of hydrogen-bond donors (Lipinski definition) is 1. The lowest BCUT2D eigenvalue weighted by atomic mass is 10.1. The molecule has 0 saturated carbocycles. The van der Waals surface area contributed by atoms with Gasteiger partial charge in [-0.3, -0.25) is 0 Å². The van der Waals surface area contributed by atoms with E-state index in [1.54, 1.807) is 11.3 Å². The Bertz CT molecular complexity index is 833. The van der Waals surface area contributed by atoms with Crippen LogP contribution in [-0.4, -0.2) is 20.4 Å². The Morgan fingerprint density at radius 3 is 2.83 bits per heavy atom. The minimum atomic E-state index is -0.488. The van der Waals surface area contributed by atoms with Crippen molar-refractivity contribution in [2.24, 2.45) is 0 Å². The number of benzene rings is 1. The summed E-state index contributed by atoms with van der Waals surface area (Å²) in [4.78, 5) is 13.9. The molecule has 0 atom stereocenters. The summed E-state index contributed by atoms with van der Waals surface area (Å²) in [6.45, 7) is 5.99. The molecule has 5 nitrogen and oxygen atoms in total. The Kier molecular flexibility index (Phi) is 4.32. The Morgan fingerprint density at radius 1 is 1.22 bits per heavy atom. The Hall–Kier alpha value is -1.99. The summed E-state index contributed by atoms with van der Waals surface area (Å²) < 4.78 is 13.9. The van der Waals surface area contributed by atoms with Crippen LogP contribution in [-0.2, 0) is 11.3 Å². The summed E-state index contributed by atoms with van der Waals surface area (Å²) in [6, 6.07) is 10.0. The molecule has 120 valence electrons. The number of aromatic nitrogens is 2. The molecule has 0 aliphatic rings. The fourth-order valence-electron chi connectivity index (χ4n) is 2.10. The Morgan fingerprint density at radius 2 is 2.04 bits per heavy atom. The number of nitrogens with zero attached hydrogens (tertiary/aromatic N) is 2. The highest BCUT2D eigenvalue weighted by Gasteiger charge is 2.16. The molecule has 1 amide bonds. The zero-order valence-corrected chi connectivity index (χ0v) is 14.8. The first-order chi connectivity index (χ1) is 10.9. The van der Waals surface area contributed by atoms with Crippen molar-refractivity contribution in [2.45, 2.75) is 32.9 Å². The predicted octanol–water partition coefficient (Wildman–Crippen LogP) is 4.44. The average molecular weight is 347 g/mol. The molecular formula is C16H17N3O2S2. The third kappa shape index (κ3) is 3.86. The molecule has 0 unspecified atom stereocenters. The largest absolute Gasteiger partial charge is 0.444 e. The third-order valence-electron chi connectivity index (χ3n) is 3.02. The van der Waals surface area contributed by atoms with Crippen molar-refractivity contribution in [3.63, 3.8) is 0 Å². The molecule has 0 saturated heterocycles. The molecule has 0 spiro atoms. The van der Waals surface area contributed by atoms with Gasteiger partial charge in [0.25, 0.3) is 0 Å². The first kappa shape index (κ1) is 15.9. The van der Waals surface area contributed by atoms with Gasteiger partial charge in [0.05, 0.1) is 18.3 Å². The molecule has 0 aliphatic carbocycles. The average Bonchev–Trinajstić information content (AvgIpc) is 3.12. The van der Waals surface area contributed by atoms with Gasteiger partial charge in [-0.05, 0) is 39.0 Å². The molecule has 1 N–H and O–H groups in total. The van der Waals surface area contributed by atoms with E-state index in [2.05, 4.69) is 14.1 Å². The summed E-state index contributed by atoms with van der Waals surface area (Å²) >= 11 is 2.85. The number of amides is 1.